The second kappa shape index (κ2) is 3.90. The van der Waals surface area contributed by atoms with Crippen LogP contribution in [0.2, 0.25) is 0 Å². The molecule has 0 spiro atoms. The molecule has 0 unspecified atom stereocenters. The molecule has 0 rings (SSSR count). The van der Waals surface area contributed by atoms with E-state index >= 15 is 0 Å². The zero-order chi connectivity index (χ0) is 9.07. The van der Waals surface area contributed by atoms with Crippen molar-refractivity contribution < 1.29 is 17.6 Å². The normalized spacial score (nSPS) is 13.1. The van der Waals surface area contributed by atoms with E-state index in [9.17, 15) is 17.6 Å². The van der Waals surface area contributed by atoms with Gasteiger partial charge < -0.3 is 4.90 Å². The summed E-state index contributed by atoms with van der Waals surface area (Å²) in [6.45, 7) is -0.0304. The van der Waals surface area contributed by atoms with Gasteiger partial charge in [-0.3, -0.25) is 0 Å². The number of hydrogen-bond donors (Lipinski definition) is 0. The van der Waals surface area contributed by atoms with Gasteiger partial charge in [0.25, 0.3) is 0 Å². The van der Waals surface area contributed by atoms with Crippen LogP contribution in [0.3, 0.4) is 0 Å². The summed E-state index contributed by atoms with van der Waals surface area (Å²) in [6, 6.07) is 0. The number of hydrogen-bond acceptors (Lipinski definition) is 1. The van der Waals surface area contributed by atoms with Crippen LogP contribution >= 0.6 is 0 Å². The highest BCUT2D eigenvalue weighted by molar-refractivity contribution is 4.69. The van der Waals surface area contributed by atoms with Gasteiger partial charge in [0, 0.05) is 13.0 Å². The molecule has 0 aliphatic carbocycles. The first-order chi connectivity index (χ1) is 4.86. The lowest BCUT2D eigenvalue weighted by Gasteiger charge is -2.17. The Kier molecular flexibility index (Phi) is 3.78. The van der Waals surface area contributed by atoms with E-state index in [1.807, 2.05) is 0 Å². The van der Waals surface area contributed by atoms with Crippen LogP contribution in [-0.2, 0) is 0 Å². The van der Waals surface area contributed by atoms with E-state index < -0.39 is 18.8 Å². The molecule has 0 saturated carbocycles. The van der Waals surface area contributed by atoms with Crippen LogP contribution in [-0.4, -0.2) is 37.9 Å². The monoisotopic (exact) mass is 173 g/mol. The Morgan fingerprint density at radius 1 is 1.27 bits per heavy atom. The van der Waals surface area contributed by atoms with Gasteiger partial charge in [0.2, 0.25) is 0 Å². The van der Waals surface area contributed by atoms with Crippen molar-refractivity contribution in [3.05, 3.63) is 0 Å². The van der Waals surface area contributed by atoms with Crippen molar-refractivity contribution in [1.82, 2.24) is 4.90 Å². The molecule has 0 heterocycles. The Morgan fingerprint density at radius 2 is 1.73 bits per heavy atom. The van der Waals surface area contributed by atoms with E-state index in [0.29, 0.717) is 0 Å². The van der Waals surface area contributed by atoms with Gasteiger partial charge in [0.1, 0.15) is 0 Å². The Labute approximate surface area is 63.0 Å². The van der Waals surface area contributed by atoms with Crippen molar-refractivity contribution in [1.29, 1.82) is 0 Å². The lowest BCUT2D eigenvalue weighted by atomic mass is 10.2. The molecule has 1 nitrogen and oxygen atoms in total. The Balaban J connectivity index is 3.73. The van der Waals surface area contributed by atoms with Crippen LogP contribution in [0, 0.1) is 0 Å². The van der Waals surface area contributed by atoms with Gasteiger partial charge in [-0.1, -0.05) is 0 Å². The molecule has 0 aromatic carbocycles. The molecule has 5 heteroatoms. The number of alkyl halides is 4. The summed E-state index contributed by atoms with van der Waals surface area (Å²) in [7, 11) is 3.11. The Hall–Kier alpha value is -0.320. The summed E-state index contributed by atoms with van der Waals surface area (Å²) >= 11 is 0. The van der Waals surface area contributed by atoms with E-state index in [0.717, 1.165) is 0 Å². The Bertz CT molecular complexity index is 113. The molecule has 0 atom stereocenters. The third-order valence-corrected chi connectivity index (χ3v) is 1.21. The fourth-order valence-electron chi connectivity index (χ4n) is 0.482. The SMILES string of the molecule is CN(C)CCC(F)(F)C(F)F. The first-order valence-electron chi connectivity index (χ1n) is 3.17. The third-order valence-electron chi connectivity index (χ3n) is 1.21. The van der Waals surface area contributed by atoms with E-state index in [1.54, 1.807) is 14.1 Å². The quantitative estimate of drug-likeness (QED) is 0.586. The average molecular weight is 173 g/mol. The van der Waals surface area contributed by atoms with Crippen LogP contribution < -0.4 is 0 Å². The van der Waals surface area contributed by atoms with Gasteiger partial charge in [-0.2, -0.15) is 0 Å². The Morgan fingerprint density at radius 3 is 2.00 bits per heavy atom. The summed E-state index contributed by atoms with van der Waals surface area (Å²) in [5.41, 5.74) is 0. The molecule has 0 fully saturated rings. The topological polar surface area (TPSA) is 3.24 Å². The molecule has 0 aliphatic rings. The zero-order valence-electron chi connectivity index (χ0n) is 6.45. The van der Waals surface area contributed by atoms with Gasteiger partial charge in [0.05, 0.1) is 0 Å². The van der Waals surface area contributed by atoms with E-state index in [2.05, 4.69) is 0 Å². The van der Waals surface area contributed by atoms with Crippen LogP contribution in [0.25, 0.3) is 0 Å². The molecule has 0 aliphatic heterocycles. The van der Waals surface area contributed by atoms with E-state index in [1.165, 1.54) is 4.90 Å². The first-order valence-corrected chi connectivity index (χ1v) is 3.17. The lowest BCUT2D eigenvalue weighted by Crippen LogP contribution is -2.31. The minimum Gasteiger partial charge on any atom is -0.309 e. The van der Waals surface area contributed by atoms with Crippen molar-refractivity contribution in [2.24, 2.45) is 0 Å². The summed E-state index contributed by atoms with van der Waals surface area (Å²) in [4.78, 5) is 1.44. The summed E-state index contributed by atoms with van der Waals surface area (Å²) < 4.78 is 47.2. The molecule has 11 heavy (non-hydrogen) atoms. The van der Waals surface area contributed by atoms with Gasteiger partial charge in [-0.05, 0) is 14.1 Å². The summed E-state index contributed by atoms with van der Waals surface area (Å²) in [6.07, 6.45) is -4.35. The predicted octanol–water partition coefficient (Wildman–Crippen LogP) is 1.84. The van der Waals surface area contributed by atoms with E-state index in [-0.39, 0.29) is 6.54 Å². The minimum absolute atomic E-state index is 0.0304. The highest BCUT2D eigenvalue weighted by atomic mass is 19.3. The average Bonchev–Trinajstić information content (AvgIpc) is 1.84. The second-order valence-corrected chi connectivity index (χ2v) is 2.62. The molecule has 0 bridgehead atoms. The van der Waals surface area contributed by atoms with Crippen molar-refractivity contribution in [2.75, 3.05) is 20.6 Å². The van der Waals surface area contributed by atoms with Crippen molar-refractivity contribution >= 4 is 0 Å². The molecule has 0 radical (unpaired) electrons. The number of rotatable bonds is 4. The molecular formula is C6H11F4N. The van der Waals surface area contributed by atoms with Gasteiger partial charge in [-0.15, -0.1) is 0 Å². The van der Waals surface area contributed by atoms with Gasteiger partial charge in [-0.25, -0.2) is 17.6 Å². The van der Waals surface area contributed by atoms with Crippen molar-refractivity contribution in [2.45, 2.75) is 18.8 Å². The fraction of sp³-hybridized carbons (Fsp3) is 1.00. The molecular weight excluding hydrogens is 162 g/mol. The molecule has 0 saturated heterocycles. The minimum atomic E-state index is -3.84. The second-order valence-electron chi connectivity index (χ2n) is 2.62. The molecule has 0 N–H and O–H groups in total. The lowest BCUT2D eigenvalue weighted by molar-refractivity contribution is -0.134. The highest BCUT2D eigenvalue weighted by Gasteiger charge is 2.39. The van der Waals surface area contributed by atoms with Crippen LogP contribution in [0.4, 0.5) is 17.6 Å². The van der Waals surface area contributed by atoms with Crippen LogP contribution in [0.15, 0.2) is 0 Å². The predicted molar refractivity (Wildman–Crippen MR) is 34.1 cm³/mol. The summed E-state index contributed by atoms with van der Waals surface area (Å²) in [5, 5.41) is 0. The third kappa shape index (κ3) is 4.19. The van der Waals surface area contributed by atoms with Gasteiger partial charge in [0.15, 0.2) is 0 Å². The molecule has 68 valence electrons. The highest BCUT2D eigenvalue weighted by Crippen LogP contribution is 2.26. The molecule has 0 aromatic heterocycles. The van der Waals surface area contributed by atoms with E-state index in [4.69, 9.17) is 0 Å². The maximum Gasteiger partial charge on any atom is 0.308 e. The number of nitrogens with zero attached hydrogens (tertiary/aromatic N) is 1. The van der Waals surface area contributed by atoms with Crippen LogP contribution in [0.5, 0.6) is 0 Å². The molecule has 0 aromatic rings. The van der Waals surface area contributed by atoms with Crippen molar-refractivity contribution in [3.63, 3.8) is 0 Å². The fourth-order valence-corrected chi connectivity index (χ4v) is 0.482. The smallest absolute Gasteiger partial charge is 0.308 e. The maximum absolute atomic E-state index is 12.1. The van der Waals surface area contributed by atoms with Crippen molar-refractivity contribution in [3.8, 4) is 0 Å². The number of halogens is 4. The van der Waals surface area contributed by atoms with Crippen LogP contribution in [0.1, 0.15) is 6.42 Å². The van der Waals surface area contributed by atoms with Gasteiger partial charge >= 0.3 is 12.3 Å². The largest absolute Gasteiger partial charge is 0.309 e. The molecule has 0 amide bonds. The zero-order valence-corrected chi connectivity index (χ0v) is 6.45. The summed E-state index contributed by atoms with van der Waals surface area (Å²) in [5.74, 6) is -3.84. The standard InChI is InChI=1S/C6H11F4N/c1-11(2)4-3-6(9,10)5(7)8/h5H,3-4H2,1-2H3. The maximum atomic E-state index is 12.1. The first kappa shape index (κ1) is 10.7.